The Balaban J connectivity index is 1.59. The number of amides is 1. The van der Waals surface area contributed by atoms with Crippen LogP contribution in [0.4, 0.5) is 5.69 Å². The van der Waals surface area contributed by atoms with Crippen molar-refractivity contribution in [1.29, 1.82) is 0 Å². The van der Waals surface area contributed by atoms with Gasteiger partial charge >= 0.3 is 5.97 Å². The van der Waals surface area contributed by atoms with Crippen LogP contribution in [0.15, 0.2) is 66.7 Å². The topological polar surface area (TPSA) is 64.6 Å². The first-order valence-electron chi connectivity index (χ1n) is 9.81. The number of esters is 1. The number of nitrogens with one attached hydrogen (secondary N) is 1. The van der Waals surface area contributed by atoms with Gasteiger partial charge in [0.05, 0.1) is 12.2 Å². The highest BCUT2D eigenvalue weighted by Crippen LogP contribution is 2.23. The van der Waals surface area contributed by atoms with Crippen LogP contribution in [0.2, 0.25) is 0 Å². The van der Waals surface area contributed by atoms with Crippen LogP contribution in [0, 0.1) is 0 Å². The fraction of sp³-hybridized carbons (Fsp3) is 0.250. The van der Waals surface area contributed by atoms with E-state index < -0.39 is 12.1 Å². The standard InChI is InChI=1S/C24H25NO4/c1-3-4-16-28-20-14-12-19(13-15-20)24(27)29-17(2)23(26)25-22-11-7-9-18-8-5-6-10-21(18)22/h5-15,17H,3-4,16H2,1-2H3,(H,25,26)/t17-/m0/s1. The van der Waals surface area contributed by atoms with Gasteiger partial charge in [-0.05, 0) is 49.1 Å². The molecule has 5 nitrogen and oxygen atoms in total. The first kappa shape index (κ1) is 20.4. The van der Waals surface area contributed by atoms with E-state index in [2.05, 4.69) is 12.2 Å². The molecule has 3 aromatic rings. The largest absolute Gasteiger partial charge is 0.494 e. The number of hydrogen-bond acceptors (Lipinski definition) is 4. The lowest BCUT2D eigenvalue weighted by atomic mass is 10.1. The van der Waals surface area contributed by atoms with Gasteiger partial charge in [-0.15, -0.1) is 0 Å². The zero-order valence-electron chi connectivity index (χ0n) is 16.7. The summed E-state index contributed by atoms with van der Waals surface area (Å²) in [6.07, 6.45) is 1.11. The highest BCUT2D eigenvalue weighted by atomic mass is 16.5. The second-order valence-electron chi connectivity index (χ2n) is 6.79. The fourth-order valence-electron chi connectivity index (χ4n) is 2.87. The van der Waals surface area contributed by atoms with Crippen LogP contribution in [0.5, 0.6) is 5.75 Å². The number of carbonyl (C=O) groups excluding carboxylic acids is 2. The SMILES string of the molecule is CCCCOc1ccc(C(=O)O[C@@H](C)C(=O)Nc2cccc3ccccc23)cc1. The van der Waals surface area contributed by atoms with Crippen molar-refractivity contribution in [1.82, 2.24) is 0 Å². The highest BCUT2D eigenvalue weighted by molar-refractivity contribution is 6.04. The van der Waals surface area contributed by atoms with Crippen LogP contribution in [-0.2, 0) is 9.53 Å². The Bertz CT molecular complexity index is 976. The van der Waals surface area contributed by atoms with Gasteiger partial charge in [-0.2, -0.15) is 0 Å². The quantitative estimate of drug-likeness (QED) is 0.423. The summed E-state index contributed by atoms with van der Waals surface area (Å²) in [5.74, 6) is -0.225. The second kappa shape index (κ2) is 9.73. The predicted octanol–water partition coefficient (Wildman–Crippen LogP) is 5.20. The number of ether oxygens (including phenoxy) is 2. The van der Waals surface area contributed by atoms with Crippen molar-refractivity contribution in [3.8, 4) is 5.75 Å². The van der Waals surface area contributed by atoms with E-state index in [1.54, 1.807) is 31.2 Å². The van der Waals surface area contributed by atoms with Gasteiger partial charge in [-0.1, -0.05) is 49.7 Å². The summed E-state index contributed by atoms with van der Waals surface area (Å²) in [5, 5.41) is 4.80. The average Bonchev–Trinajstić information content (AvgIpc) is 2.74. The minimum Gasteiger partial charge on any atom is -0.494 e. The van der Waals surface area contributed by atoms with Crippen LogP contribution in [0.3, 0.4) is 0 Å². The van der Waals surface area contributed by atoms with E-state index in [-0.39, 0.29) is 5.91 Å². The molecule has 0 radical (unpaired) electrons. The van der Waals surface area contributed by atoms with Crippen LogP contribution in [0.1, 0.15) is 37.0 Å². The first-order chi connectivity index (χ1) is 14.1. The summed E-state index contributed by atoms with van der Waals surface area (Å²) in [6.45, 7) is 4.30. The Labute approximate surface area is 170 Å². The van der Waals surface area contributed by atoms with Crippen molar-refractivity contribution in [2.75, 3.05) is 11.9 Å². The van der Waals surface area contributed by atoms with E-state index in [0.29, 0.717) is 23.6 Å². The molecule has 0 aromatic heterocycles. The van der Waals surface area contributed by atoms with Crippen molar-refractivity contribution < 1.29 is 19.1 Å². The molecule has 3 rings (SSSR count). The van der Waals surface area contributed by atoms with Crippen molar-refractivity contribution >= 4 is 28.3 Å². The Morgan fingerprint density at radius 2 is 1.69 bits per heavy atom. The molecule has 0 spiro atoms. The summed E-state index contributed by atoms with van der Waals surface area (Å²) in [5.41, 5.74) is 1.06. The molecule has 0 saturated carbocycles. The van der Waals surface area contributed by atoms with Gasteiger partial charge in [0, 0.05) is 11.1 Å². The van der Waals surface area contributed by atoms with Gasteiger partial charge in [-0.25, -0.2) is 4.79 Å². The number of anilines is 1. The lowest BCUT2D eigenvalue weighted by Gasteiger charge is -2.15. The number of fused-ring (bicyclic) bond motifs is 1. The lowest BCUT2D eigenvalue weighted by molar-refractivity contribution is -0.123. The third-order valence-electron chi connectivity index (χ3n) is 4.56. The molecular weight excluding hydrogens is 366 g/mol. The van der Waals surface area contributed by atoms with Gasteiger partial charge < -0.3 is 14.8 Å². The Morgan fingerprint density at radius 3 is 2.45 bits per heavy atom. The molecule has 0 heterocycles. The van der Waals surface area contributed by atoms with Crippen LogP contribution in [-0.4, -0.2) is 24.6 Å². The maximum absolute atomic E-state index is 12.5. The van der Waals surface area contributed by atoms with E-state index >= 15 is 0 Å². The Morgan fingerprint density at radius 1 is 0.966 bits per heavy atom. The third-order valence-corrected chi connectivity index (χ3v) is 4.56. The third kappa shape index (κ3) is 5.35. The molecule has 1 amide bonds. The van der Waals surface area contributed by atoms with Gasteiger partial charge in [-0.3, -0.25) is 4.79 Å². The molecule has 1 N–H and O–H groups in total. The molecule has 5 heteroatoms. The number of hydrogen-bond donors (Lipinski definition) is 1. The summed E-state index contributed by atoms with van der Waals surface area (Å²) < 4.78 is 10.9. The minimum absolute atomic E-state index is 0.373. The van der Waals surface area contributed by atoms with Crippen LogP contribution in [0.25, 0.3) is 10.8 Å². The molecule has 150 valence electrons. The van der Waals surface area contributed by atoms with E-state index in [0.717, 1.165) is 23.6 Å². The molecule has 3 aromatic carbocycles. The second-order valence-corrected chi connectivity index (χ2v) is 6.79. The summed E-state index contributed by atoms with van der Waals surface area (Å²) in [7, 11) is 0. The predicted molar refractivity (Wildman–Crippen MR) is 114 cm³/mol. The fourth-order valence-corrected chi connectivity index (χ4v) is 2.87. The number of benzene rings is 3. The monoisotopic (exact) mass is 391 g/mol. The van der Waals surface area contributed by atoms with Gasteiger partial charge in [0.25, 0.3) is 5.91 Å². The minimum atomic E-state index is -0.929. The van der Waals surface area contributed by atoms with Crippen LogP contribution < -0.4 is 10.1 Å². The van der Waals surface area contributed by atoms with Crippen molar-refractivity contribution in [3.63, 3.8) is 0 Å². The number of carbonyl (C=O) groups is 2. The summed E-state index contributed by atoms with van der Waals surface area (Å²) in [4.78, 5) is 24.9. The van der Waals surface area contributed by atoms with E-state index in [9.17, 15) is 9.59 Å². The van der Waals surface area contributed by atoms with Crippen molar-refractivity contribution in [3.05, 3.63) is 72.3 Å². The Hall–Kier alpha value is -3.34. The maximum atomic E-state index is 12.5. The average molecular weight is 391 g/mol. The van der Waals surface area contributed by atoms with Crippen LogP contribution >= 0.6 is 0 Å². The van der Waals surface area contributed by atoms with Crippen molar-refractivity contribution in [2.45, 2.75) is 32.8 Å². The zero-order chi connectivity index (χ0) is 20.6. The smallest absolute Gasteiger partial charge is 0.338 e. The van der Waals surface area contributed by atoms with Gasteiger partial charge in [0.1, 0.15) is 5.75 Å². The molecule has 0 aliphatic carbocycles. The lowest BCUT2D eigenvalue weighted by Crippen LogP contribution is -2.30. The van der Waals surface area contributed by atoms with Gasteiger partial charge in [0.2, 0.25) is 0 Å². The normalized spacial score (nSPS) is 11.7. The first-order valence-corrected chi connectivity index (χ1v) is 9.81. The molecule has 0 aliphatic heterocycles. The molecule has 29 heavy (non-hydrogen) atoms. The molecule has 0 saturated heterocycles. The molecular formula is C24H25NO4. The summed E-state index contributed by atoms with van der Waals surface area (Å²) in [6, 6.07) is 20.2. The van der Waals surface area contributed by atoms with Gasteiger partial charge in [0.15, 0.2) is 6.10 Å². The maximum Gasteiger partial charge on any atom is 0.338 e. The highest BCUT2D eigenvalue weighted by Gasteiger charge is 2.19. The molecule has 0 aliphatic rings. The molecule has 1 atom stereocenters. The zero-order valence-corrected chi connectivity index (χ0v) is 16.7. The number of rotatable bonds is 8. The van der Waals surface area contributed by atoms with E-state index in [1.807, 2.05) is 42.5 Å². The molecule has 0 unspecified atom stereocenters. The Kier molecular flexibility index (Phi) is 6.85. The van der Waals surface area contributed by atoms with Crippen molar-refractivity contribution in [2.24, 2.45) is 0 Å². The molecule has 0 fully saturated rings. The van der Waals surface area contributed by atoms with E-state index in [1.165, 1.54) is 0 Å². The number of unbranched alkanes of at least 4 members (excludes halogenated alkanes) is 1. The van der Waals surface area contributed by atoms with E-state index in [4.69, 9.17) is 9.47 Å². The molecule has 0 bridgehead atoms. The summed E-state index contributed by atoms with van der Waals surface area (Å²) >= 11 is 0.